The first-order valence-electron chi connectivity index (χ1n) is 4.12. The van der Waals surface area contributed by atoms with Crippen LogP contribution >= 0.6 is 23.2 Å². The smallest absolute Gasteiger partial charge is 0.168 e. The Hall–Kier alpha value is -0.600. The van der Waals surface area contributed by atoms with Crippen molar-refractivity contribution in [1.82, 2.24) is 0 Å². The molecule has 0 aliphatic carbocycles. The second kappa shape index (κ2) is 4.28. The van der Waals surface area contributed by atoms with E-state index in [2.05, 4.69) is 0 Å². The van der Waals surface area contributed by atoms with Gasteiger partial charge in [-0.15, -0.1) is 0 Å². The van der Waals surface area contributed by atoms with Gasteiger partial charge in [0.25, 0.3) is 0 Å². The quantitative estimate of drug-likeness (QED) is 0.559. The summed E-state index contributed by atoms with van der Waals surface area (Å²) in [6.07, 6.45) is 0. The molecule has 14 heavy (non-hydrogen) atoms. The van der Waals surface area contributed by atoms with Gasteiger partial charge in [0.05, 0.1) is 15.6 Å². The molecule has 0 unspecified atom stereocenters. The topological polar surface area (TPSA) is 17.1 Å². The van der Waals surface area contributed by atoms with E-state index in [9.17, 15) is 9.18 Å². The largest absolute Gasteiger partial charge is 0.294 e. The SMILES string of the molecule is CC(C)C(=O)c1cc(Cl)c(Cl)cc1F. The first kappa shape index (κ1) is 11.5. The molecular weight excluding hydrogens is 226 g/mol. The molecule has 1 aromatic rings. The Morgan fingerprint density at radius 3 is 2.29 bits per heavy atom. The summed E-state index contributed by atoms with van der Waals surface area (Å²) in [7, 11) is 0. The van der Waals surface area contributed by atoms with Crippen LogP contribution in [0.1, 0.15) is 24.2 Å². The third-order valence-electron chi connectivity index (χ3n) is 1.80. The van der Waals surface area contributed by atoms with Gasteiger partial charge in [-0.2, -0.15) is 0 Å². The highest BCUT2D eigenvalue weighted by atomic mass is 35.5. The number of Topliss-reactive ketones (excluding diaryl/α,β-unsaturated/α-hetero) is 1. The van der Waals surface area contributed by atoms with E-state index in [1.165, 1.54) is 6.07 Å². The second-order valence-electron chi connectivity index (χ2n) is 3.27. The highest BCUT2D eigenvalue weighted by Crippen LogP contribution is 2.26. The van der Waals surface area contributed by atoms with Crippen molar-refractivity contribution in [3.63, 3.8) is 0 Å². The van der Waals surface area contributed by atoms with Crippen LogP contribution in [0.15, 0.2) is 12.1 Å². The average molecular weight is 235 g/mol. The first-order valence-corrected chi connectivity index (χ1v) is 4.88. The summed E-state index contributed by atoms with van der Waals surface area (Å²) >= 11 is 11.3. The van der Waals surface area contributed by atoms with Crippen molar-refractivity contribution in [2.45, 2.75) is 13.8 Å². The van der Waals surface area contributed by atoms with Crippen molar-refractivity contribution in [3.8, 4) is 0 Å². The number of carbonyl (C=O) groups is 1. The number of benzene rings is 1. The summed E-state index contributed by atoms with van der Waals surface area (Å²) in [6.45, 7) is 3.40. The van der Waals surface area contributed by atoms with Crippen molar-refractivity contribution < 1.29 is 9.18 Å². The summed E-state index contributed by atoms with van der Waals surface area (Å²) in [5.41, 5.74) is -0.00519. The lowest BCUT2D eigenvalue weighted by Gasteiger charge is -2.06. The van der Waals surface area contributed by atoms with Gasteiger partial charge < -0.3 is 0 Å². The Bertz CT molecular complexity index is 375. The van der Waals surface area contributed by atoms with Gasteiger partial charge in [-0.25, -0.2) is 4.39 Å². The lowest BCUT2D eigenvalue weighted by molar-refractivity contribution is 0.0935. The zero-order valence-corrected chi connectivity index (χ0v) is 9.29. The number of halogens is 3. The normalized spacial score (nSPS) is 10.7. The van der Waals surface area contributed by atoms with E-state index in [0.717, 1.165) is 6.07 Å². The van der Waals surface area contributed by atoms with Crippen LogP contribution in [0.4, 0.5) is 4.39 Å². The van der Waals surface area contributed by atoms with Crippen molar-refractivity contribution in [2.75, 3.05) is 0 Å². The number of hydrogen-bond donors (Lipinski definition) is 0. The minimum Gasteiger partial charge on any atom is -0.294 e. The van der Waals surface area contributed by atoms with Crippen LogP contribution in [-0.2, 0) is 0 Å². The molecule has 0 N–H and O–H groups in total. The lowest BCUT2D eigenvalue weighted by Crippen LogP contribution is -2.09. The van der Waals surface area contributed by atoms with Crippen molar-refractivity contribution in [1.29, 1.82) is 0 Å². The van der Waals surface area contributed by atoms with Crippen molar-refractivity contribution in [2.24, 2.45) is 5.92 Å². The Balaban J connectivity index is 3.22. The molecule has 0 spiro atoms. The molecule has 0 aliphatic heterocycles. The van der Waals surface area contributed by atoms with E-state index in [4.69, 9.17) is 23.2 Å². The maximum Gasteiger partial charge on any atom is 0.168 e. The summed E-state index contributed by atoms with van der Waals surface area (Å²) < 4.78 is 13.3. The second-order valence-corrected chi connectivity index (χ2v) is 4.08. The number of hydrogen-bond acceptors (Lipinski definition) is 1. The molecule has 1 aromatic carbocycles. The number of rotatable bonds is 2. The maximum absolute atomic E-state index is 13.3. The highest BCUT2D eigenvalue weighted by molar-refractivity contribution is 6.42. The van der Waals surface area contributed by atoms with Crippen LogP contribution in [0.25, 0.3) is 0 Å². The van der Waals surface area contributed by atoms with Gasteiger partial charge in [0, 0.05) is 5.92 Å². The fourth-order valence-electron chi connectivity index (χ4n) is 1.02. The minimum atomic E-state index is -0.627. The van der Waals surface area contributed by atoms with Gasteiger partial charge in [-0.1, -0.05) is 37.0 Å². The summed E-state index contributed by atoms with van der Waals surface area (Å²) in [5, 5.41) is 0.307. The first-order chi connectivity index (χ1) is 6.43. The summed E-state index contributed by atoms with van der Waals surface area (Å²) in [5.74, 6) is -1.17. The molecule has 0 amide bonds. The van der Waals surface area contributed by atoms with Gasteiger partial charge in [-0.3, -0.25) is 4.79 Å². The molecule has 0 saturated carbocycles. The molecule has 1 rings (SSSR count). The average Bonchev–Trinajstić information content (AvgIpc) is 2.10. The predicted molar refractivity (Wildman–Crippen MR) is 55.6 cm³/mol. The summed E-state index contributed by atoms with van der Waals surface area (Å²) in [4.78, 5) is 11.5. The highest BCUT2D eigenvalue weighted by Gasteiger charge is 2.17. The van der Waals surface area contributed by atoms with Crippen LogP contribution < -0.4 is 0 Å². The molecule has 4 heteroatoms. The van der Waals surface area contributed by atoms with Crippen LogP contribution in [0, 0.1) is 11.7 Å². The van der Waals surface area contributed by atoms with Crippen LogP contribution in [0.5, 0.6) is 0 Å². The maximum atomic E-state index is 13.3. The number of ketones is 1. The number of carbonyl (C=O) groups excluding carboxylic acids is 1. The third-order valence-corrected chi connectivity index (χ3v) is 2.52. The Morgan fingerprint density at radius 1 is 1.29 bits per heavy atom. The molecule has 0 saturated heterocycles. The molecule has 0 atom stereocenters. The minimum absolute atomic E-state index is 0.00519. The molecule has 0 aromatic heterocycles. The van der Waals surface area contributed by atoms with Crippen LogP contribution in [0.2, 0.25) is 10.0 Å². The van der Waals surface area contributed by atoms with E-state index in [0.29, 0.717) is 0 Å². The Kier molecular flexibility index (Phi) is 3.51. The van der Waals surface area contributed by atoms with Gasteiger partial charge in [0.15, 0.2) is 5.78 Å². The molecule has 0 fully saturated rings. The zero-order chi connectivity index (χ0) is 10.9. The fourth-order valence-corrected chi connectivity index (χ4v) is 1.34. The molecule has 1 nitrogen and oxygen atoms in total. The standard InChI is InChI=1S/C10H9Cl2FO/c1-5(2)10(14)6-3-7(11)8(12)4-9(6)13/h3-5H,1-2H3. The van der Waals surface area contributed by atoms with E-state index in [1.54, 1.807) is 13.8 Å². The van der Waals surface area contributed by atoms with E-state index < -0.39 is 5.82 Å². The fraction of sp³-hybridized carbons (Fsp3) is 0.300. The molecule has 76 valence electrons. The monoisotopic (exact) mass is 234 g/mol. The third kappa shape index (κ3) is 2.25. The molecule has 0 heterocycles. The van der Waals surface area contributed by atoms with Gasteiger partial charge >= 0.3 is 0 Å². The van der Waals surface area contributed by atoms with E-state index >= 15 is 0 Å². The lowest BCUT2D eigenvalue weighted by atomic mass is 10.0. The molecule has 0 bridgehead atoms. The van der Waals surface area contributed by atoms with Crippen molar-refractivity contribution in [3.05, 3.63) is 33.6 Å². The van der Waals surface area contributed by atoms with E-state index in [-0.39, 0.29) is 27.3 Å². The van der Waals surface area contributed by atoms with Gasteiger partial charge in [0.1, 0.15) is 5.82 Å². The van der Waals surface area contributed by atoms with E-state index in [1.807, 2.05) is 0 Å². The summed E-state index contributed by atoms with van der Waals surface area (Å²) in [6, 6.07) is 2.32. The Morgan fingerprint density at radius 2 is 1.79 bits per heavy atom. The van der Waals surface area contributed by atoms with Crippen molar-refractivity contribution >= 4 is 29.0 Å². The van der Waals surface area contributed by atoms with Crippen LogP contribution in [-0.4, -0.2) is 5.78 Å². The van der Waals surface area contributed by atoms with Gasteiger partial charge in [-0.05, 0) is 12.1 Å². The zero-order valence-electron chi connectivity index (χ0n) is 7.77. The van der Waals surface area contributed by atoms with Crippen LogP contribution in [0.3, 0.4) is 0 Å². The molecular formula is C10H9Cl2FO. The molecule has 0 aliphatic rings. The predicted octanol–water partition coefficient (Wildman–Crippen LogP) is 3.97. The van der Waals surface area contributed by atoms with Gasteiger partial charge in [0.2, 0.25) is 0 Å². The Labute approximate surface area is 91.8 Å². The molecule has 0 radical (unpaired) electrons.